The highest BCUT2D eigenvalue weighted by atomic mass is 19.1. The highest BCUT2D eigenvalue weighted by Crippen LogP contribution is 2.52. The van der Waals surface area contributed by atoms with E-state index >= 15 is 9.18 Å². The van der Waals surface area contributed by atoms with Crippen molar-refractivity contribution in [2.75, 3.05) is 54.8 Å². The molecule has 7 heterocycles. The molecule has 16 heteroatoms. The van der Waals surface area contributed by atoms with Crippen LogP contribution in [0.1, 0.15) is 133 Å². The van der Waals surface area contributed by atoms with Gasteiger partial charge in [0.25, 0.3) is 0 Å². The molecule has 1 unspecified atom stereocenters. The Labute approximate surface area is 444 Å². The quantitative estimate of drug-likeness (QED) is 0.109. The van der Waals surface area contributed by atoms with Crippen molar-refractivity contribution >= 4 is 63.4 Å². The molecule has 76 heavy (non-hydrogen) atoms. The summed E-state index contributed by atoms with van der Waals surface area (Å²) in [5.74, 6) is -0.305. The highest BCUT2D eigenvalue weighted by Gasteiger charge is 2.56. The fraction of sp³-hybridized carbons (Fsp3) is 0.517. The number of aromatic nitrogens is 3. The van der Waals surface area contributed by atoms with Gasteiger partial charge in [0.05, 0.1) is 34.6 Å². The van der Waals surface area contributed by atoms with Crippen LogP contribution in [0.3, 0.4) is 0 Å². The second-order valence-electron chi connectivity index (χ2n) is 23.2. The van der Waals surface area contributed by atoms with E-state index in [1.807, 2.05) is 44.7 Å². The Morgan fingerprint density at radius 2 is 1.46 bits per heavy atom. The van der Waals surface area contributed by atoms with Crippen LogP contribution in [0.5, 0.6) is 0 Å². The minimum Gasteiger partial charge on any atom is -0.382 e. The molecule has 398 valence electrons. The molecule has 15 nitrogen and oxygen atoms in total. The van der Waals surface area contributed by atoms with Crippen LogP contribution in [0.25, 0.3) is 22.3 Å². The number of likely N-dealkylation sites (tertiary alicyclic amines) is 3. The lowest BCUT2D eigenvalue weighted by Crippen LogP contribution is -2.58. The van der Waals surface area contributed by atoms with Crippen molar-refractivity contribution in [2.24, 2.45) is 11.8 Å². The van der Waals surface area contributed by atoms with Crippen molar-refractivity contribution < 1.29 is 28.4 Å². The number of amides is 5. The summed E-state index contributed by atoms with van der Waals surface area (Å²) >= 11 is 0. The van der Waals surface area contributed by atoms with E-state index in [0.29, 0.717) is 87.9 Å². The molecule has 1 atom stereocenters. The average Bonchev–Trinajstić information content (AvgIpc) is 4.00. The van der Waals surface area contributed by atoms with Crippen molar-refractivity contribution in [3.05, 3.63) is 96.1 Å². The van der Waals surface area contributed by atoms with Gasteiger partial charge in [0, 0.05) is 85.5 Å². The summed E-state index contributed by atoms with van der Waals surface area (Å²) in [4.78, 5) is 86.1. The van der Waals surface area contributed by atoms with E-state index < -0.39 is 5.41 Å². The van der Waals surface area contributed by atoms with Gasteiger partial charge in [0.2, 0.25) is 29.5 Å². The number of anilines is 4. The number of halogens is 1. The summed E-state index contributed by atoms with van der Waals surface area (Å²) in [6.45, 7) is 8.57. The van der Waals surface area contributed by atoms with E-state index in [0.717, 1.165) is 90.7 Å². The molecule has 12 rings (SSSR count). The largest absolute Gasteiger partial charge is 0.382 e. The highest BCUT2D eigenvalue weighted by molar-refractivity contribution is 6.09. The zero-order valence-corrected chi connectivity index (χ0v) is 43.9. The fourth-order valence-corrected chi connectivity index (χ4v) is 13.8. The molecule has 7 aliphatic rings. The molecule has 6 fully saturated rings. The minimum absolute atomic E-state index is 0.0221. The second-order valence-corrected chi connectivity index (χ2v) is 23.2. The van der Waals surface area contributed by atoms with Crippen molar-refractivity contribution in [1.29, 1.82) is 0 Å². The zero-order chi connectivity index (χ0) is 52.2. The number of para-hydroxylation sites is 1. The van der Waals surface area contributed by atoms with Crippen molar-refractivity contribution in [3.8, 4) is 11.3 Å². The second kappa shape index (κ2) is 20.7. The number of fused-ring (bicyclic) bond motifs is 3. The normalized spacial score (nSPS) is 25.2. The molecule has 3 N–H and O–H groups in total. The predicted molar refractivity (Wildman–Crippen MR) is 290 cm³/mol. The summed E-state index contributed by atoms with van der Waals surface area (Å²) in [6.07, 6.45) is 14.1. The van der Waals surface area contributed by atoms with Gasteiger partial charge < -0.3 is 34.8 Å². The molecule has 5 amide bonds. The summed E-state index contributed by atoms with van der Waals surface area (Å²) in [5, 5.41) is 9.36. The van der Waals surface area contributed by atoms with Gasteiger partial charge in [-0.3, -0.25) is 29.3 Å². The lowest BCUT2D eigenvalue weighted by molar-refractivity contribution is -0.144. The number of hydrogen-bond donors (Lipinski definition) is 3. The van der Waals surface area contributed by atoms with E-state index in [9.17, 15) is 19.2 Å². The van der Waals surface area contributed by atoms with E-state index in [4.69, 9.17) is 9.97 Å². The number of hydrogen-bond acceptors (Lipinski definition) is 10. The van der Waals surface area contributed by atoms with Gasteiger partial charge in [-0.15, -0.1) is 0 Å². The number of carbonyl (C=O) groups excluding carboxylic acids is 5. The molecule has 2 aromatic heterocycles. The third-order valence-corrected chi connectivity index (χ3v) is 18.4. The van der Waals surface area contributed by atoms with Gasteiger partial charge in [-0.05, 0) is 158 Å². The molecular formula is C60H71FN10O5. The van der Waals surface area contributed by atoms with Gasteiger partial charge >= 0.3 is 0 Å². The first-order chi connectivity index (χ1) is 36.9. The van der Waals surface area contributed by atoms with Gasteiger partial charge in [0.15, 0.2) is 5.82 Å². The first kappa shape index (κ1) is 50.2. The topological polar surface area (TPSA) is 165 Å². The lowest BCUT2D eigenvalue weighted by Gasteiger charge is -2.48. The molecule has 1 spiro atoms. The first-order valence-corrected chi connectivity index (χ1v) is 28.3. The molecule has 2 saturated carbocycles. The van der Waals surface area contributed by atoms with Gasteiger partial charge in [0.1, 0.15) is 11.3 Å². The first-order valence-electron chi connectivity index (χ1n) is 28.3. The smallest absolute Gasteiger partial charge is 0.238 e. The molecule has 0 radical (unpaired) electrons. The number of nitrogens with zero attached hydrogens (tertiary/aromatic N) is 7. The van der Waals surface area contributed by atoms with Gasteiger partial charge in [-0.25, -0.2) is 14.4 Å². The van der Waals surface area contributed by atoms with E-state index in [1.165, 1.54) is 25.3 Å². The maximum absolute atomic E-state index is 15.3. The van der Waals surface area contributed by atoms with Crippen LogP contribution in [0.4, 0.5) is 27.3 Å². The number of pyridine rings is 1. The number of imide groups is 1. The van der Waals surface area contributed by atoms with Gasteiger partial charge in [-0.2, -0.15) is 0 Å². The van der Waals surface area contributed by atoms with Crippen molar-refractivity contribution in [2.45, 2.75) is 146 Å². The Morgan fingerprint density at radius 3 is 2.16 bits per heavy atom. The Bertz CT molecular complexity index is 3030. The fourth-order valence-electron chi connectivity index (χ4n) is 13.8. The van der Waals surface area contributed by atoms with E-state index in [2.05, 4.69) is 57.8 Å². The summed E-state index contributed by atoms with van der Waals surface area (Å²) in [5.41, 5.74) is 6.50. The van der Waals surface area contributed by atoms with Crippen LogP contribution in [0.2, 0.25) is 0 Å². The third-order valence-electron chi connectivity index (χ3n) is 18.4. The van der Waals surface area contributed by atoms with E-state index in [1.54, 1.807) is 24.5 Å². The molecule has 0 bridgehead atoms. The van der Waals surface area contributed by atoms with Crippen LogP contribution < -0.4 is 20.9 Å². The van der Waals surface area contributed by atoms with Crippen molar-refractivity contribution in [1.82, 2.24) is 34.6 Å². The summed E-state index contributed by atoms with van der Waals surface area (Å²) in [7, 11) is 0. The number of piperidine rings is 4. The molecule has 4 saturated heterocycles. The lowest BCUT2D eigenvalue weighted by atomic mass is 9.73. The summed E-state index contributed by atoms with van der Waals surface area (Å²) in [6, 6.07) is 23.7. The summed E-state index contributed by atoms with van der Waals surface area (Å²) < 4.78 is 17.2. The maximum Gasteiger partial charge on any atom is 0.238 e. The predicted octanol–water partition coefficient (Wildman–Crippen LogP) is 9.22. The van der Waals surface area contributed by atoms with Gasteiger partial charge in [-0.1, -0.05) is 42.8 Å². The van der Waals surface area contributed by atoms with Crippen LogP contribution >= 0.6 is 0 Å². The Kier molecular flexibility index (Phi) is 13.7. The van der Waals surface area contributed by atoms with Crippen LogP contribution in [-0.4, -0.2) is 116 Å². The molecule has 3 aromatic carbocycles. The van der Waals surface area contributed by atoms with Crippen molar-refractivity contribution in [3.63, 3.8) is 0 Å². The average molecular weight is 1030 g/mol. The molecule has 5 aliphatic heterocycles. The monoisotopic (exact) mass is 1030 g/mol. The molecular weight excluding hydrogens is 960 g/mol. The third kappa shape index (κ3) is 9.42. The number of carbonyl (C=O) groups is 5. The Balaban J connectivity index is 0.699. The van der Waals surface area contributed by atoms with Crippen LogP contribution in [-0.2, 0) is 29.4 Å². The molecule has 2 aliphatic carbocycles. The number of rotatable bonds is 11. The SMILES string of the molecule is CC(C)n1cnc2cc(-c3ccc4c(c3)N([C@H]3C[C@@H](N5CCCCC5)C3)C(=O)C43CCN(C(=O)C4CCN(C(=O)[C@H]5CC[C@H](Nc6ccc(C7CCC(=O)NC7=O)cc6)CC5)CC4)CC3)nc(Nc3ccccc3F)c21. The number of nitrogens with one attached hydrogen (secondary N) is 3. The standard InChI is InChI=1S/C60H71FN10O5/c1-37(2)70-36-62-51-35-50(65-55(54(51)70)64-49-9-5-4-8-48(49)61)41-14-20-47-52(32-41)71(45-33-44(34-45)67-26-6-3-7-27-67)59(76)60(47)24-30-69(31-25-60)58(75)40-22-28-68(29-23-40)57(74)39-12-17-43(18-13-39)63-42-15-10-38(11-16-42)46-19-21-53(72)66-56(46)73/h4-5,8-11,14-16,20,32,35-37,39-40,43-46,63H,3,6-7,12-13,17-19,21-31,33-34H2,1-2H3,(H,64,65)(H,66,72,73)/t39-,43-,44-,45+,46?. The minimum atomic E-state index is -0.738. The Hall–Kier alpha value is -6.68. The Morgan fingerprint density at radius 1 is 0.763 bits per heavy atom. The maximum atomic E-state index is 15.3. The number of imidazole rings is 1. The van der Waals surface area contributed by atoms with E-state index in [-0.39, 0.29) is 71.2 Å². The van der Waals surface area contributed by atoms with Crippen LogP contribution in [0.15, 0.2) is 79.1 Å². The zero-order valence-electron chi connectivity index (χ0n) is 43.9. The molecule has 5 aromatic rings. The number of benzene rings is 3. The van der Waals surface area contributed by atoms with Crippen LogP contribution in [0, 0.1) is 17.7 Å².